The molecule has 2 aromatic carbocycles. The molecular formula is C20H16ClF3N2O4S2. The average molecular weight is 505 g/mol. The second kappa shape index (κ2) is 8.60. The minimum absolute atomic E-state index is 0.127. The number of benzene rings is 2. The molecular weight excluding hydrogens is 489 g/mol. The molecule has 2 fully saturated rings. The van der Waals surface area contributed by atoms with E-state index in [1.54, 1.807) is 24.3 Å². The van der Waals surface area contributed by atoms with Gasteiger partial charge < -0.3 is 9.64 Å². The fraction of sp³-hybridized carbons (Fsp3) is 0.300. The third-order valence-corrected chi connectivity index (χ3v) is 8.38. The van der Waals surface area contributed by atoms with Crippen LogP contribution in [0.15, 0.2) is 53.5 Å². The Hall–Kier alpha value is -2.24. The number of halogens is 4. The Kier molecular flexibility index (Phi) is 6.17. The predicted molar refractivity (Wildman–Crippen MR) is 117 cm³/mol. The molecule has 0 aliphatic carbocycles. The highest BCUT2D eigenvalue weighted by Crippen LogP contribution is 2.42. The number of amides is 1. The Labute approximate surface area is 191 Å². The van der Waals surface area contributed by atoms with Gasteiger partial charge in [0, 0.05) is 16.0 Å². The number of nitrogens with zero attached hydrogens (tertiary/aromatic N) is 2. The Morgan fingerprint density at radius 2 is 1.91 bits per heavy atom. The fourth-order valence-corrected chi connectivity index (χ4v) is 7.57. The van der Waals surface area contributed by atoms with E-state index in [9.17, 15) is 26.4 Å². The van der Waals surface area contributed by atoms with Crippen LogP contribution < -0.4 is 9.64 Å². The van der Waals surface area contributed by atoms with Crippen molar-refractivity contribution in [2.75, 3.05) is 23.0 Å². The van der Waals surface area contributed by atoms with Crippen LogP contribution in [0.5, 0.6) is 5.75 Å². The standard InChI is InChI=1S/C20H16ClF3N2O4S2/c21-13-4-6-15(7-5-13)30-9-18(27)25-19-26(16-10-32(28,29)11-17(16)31-19)14-3-1-2-12(8-14)20(22,23)24/h1-8,16-17H,9-11H2/t16-,17-/m1/s1. The van der Waals surface area contributed by atoms with E-state index in [1.807, 2.05) is 0 Å². The minimum atomic E-state index is -4.57. The van der Waals surface area contributed by atoms with Gasteiger partial charge in [0.2, 0.25) is 0 Å². The van der Waals surface area contributed by atoms with Crippen LogP contribution in [-0.4, -0.2) is 48.9 Å². The highest BCUT2D eigenvalue weighted by Gasteiger charge is 2.49. The Morgan fingerprint density at radius 3 is 2.59 bits per heavy atom. The number of sulfone groups is 1. The Balaban J connectivity index is 1.60. The normalized spacial score (nSPS) is 23.4. The zero-order valence-corrected chi connectivity index (χ0v) is 18.6. The first-order valence-electron chi connectivity index (χ1n) is 9.35. The molecule has 0 saturated carbocycles. The van der Waals surface area contributed by atoms with E-state index >= 15 is 0 Å². The fourth-order valence-electron chi connectivity index (χ4n) is 3.51. The molecule has 0 bridgehead atoms. The predicted octanol–water partition coefficient (Wildman–Crippen LogP) is 4.04. The van der Waals surface area contributed by atoms with Crippen LogP contribution in [0.25, 0.3) is 0 Å². The second-order valence-electron chi connectivity index (χ2n) is 7.25. The maximum Gasteiger partial charge on any atom is 0.416 e. The molecule has 2 aliphatic rings. The van der Waals surface area contributed by atoms with Gasteiger partial charge in [-0.2, -0.15) is 18.2 Å². The van der Waals surface area contributed by atoms with Crippen molar-refractivity contribution in [3.05, 3.63) is 59.1 Å². The number of carbonyl (C=O) groups excluding carboxylic acids is 1. The first-order chi connectivity index (χ1) is 15.0. The summed E-state index contributed by atoms with van der Waals surface area (Å²) < 4.78 is 69.2. The number of rotatable bonds is 4. The zero-order valence-electron chi connectivity index (χ0n) is 16.3. The molecule has 2 aromatic rings. The van der Waals surface area contributed by atoms with Crippen molar-refractivity contribution >= 4 is 50.0 Å². The summed E-state index contributed by atoms with van der Waals surface area (Å²) in [6, 6.07) is 10.3. The monoisotopic (exact) mass is 504 g/mol. The summed E-state index contributed by atoms with van der Waals surface area (Å²) in [4.78, 5) is 17.9. The van der Waals surface area contributed by atoms with E-state index in [2.05, 4.69) is 4.99 Å². The molecule has 32 heavy (non-hydrogen) atoms. The number of fused-ring (bicyclic) bond motifs is 1. The first-order valence-corrected chi connectivity index (χ1v) is 12.4. The Bertz CT molecular complexity index is 1170. The summed E-state index contributed by atoms with van der Waals surface area (Å²) in [6.07, 6.45) is -4.57. The number of thioether (sulfide) groups is 1. The van der Waals surface area contributed by atoms with Gasteiger partial charge in [-0.3, -0.25) is 4.79 Å². The van der Waals surface area contributed by atoms with Gasteiger partial charge in [0.15, 0.2) is 21.6 Å². The largest absolute Gasteiger partial charge is 0.484 e. The summed E-state index contributed by atoms with van der Waals surface area (Å²) in [6.45, 7) is -0.393. The SMILES string of the molecule is O=C(COc1ccc(Cl)cc1)N=C1S[C@@H]2CS(=O)(=O)C[C@H]2N1c1cccc(C(F)(F)F)c1. The molecule has 4 rings (SSSR count). The average Bonchev–Trinajstić information content (AvgIpc) is 3.17. The molecule has 6 nitrogen and oxygen atoms in total. The molecule has 2 saturated heterocycles. The number of alkyl halides is 3. The molecule has 0 aromatic heterocycles. The third-order valence-electron chi connectivity index (χ3n) is 4.91. The number of ether oxygens (including phenoxy) is 1. The molecule has 0 N–H and O–H groups in total. The molecule has 0 unspecified atom stereocenters. The number of aliphatic imine (C=N–C) groups is 1. The first kappa shape index (κ1) is 22.9. The van der Waals surface area contributed by atoms with Gasteiger partial charge in [-0.1, -0.05) is 29.4 Å². The smallest absolute Gasteiger partial charge is 0.416 e. The van der Waals surface area contributed by atoms with Crippen LogP contribution in [0.2, 0.25) is 5.02 Å². The summed E-state index contributed by atoms with van der Waals surface area (Å²) >= 11 is 6.88. The van der Waals surface area contributed by atoms with E-state index in [0.717, 1.165) is 23.9 Å². The molecule has 0 spiro atoms. The number of anilines is 1. The van der Waals surface area contributed by atoms with E-state index in [0.29, 0.717) is 10.8 Å². The number of hydrogen-bond donors (Lipinski definition) is 0. The van der Waals surface area contributed by atoms with Crippen molar-refractivity contribution in [3.63, 3.8) is 0 Å². The van der Waals surface area contributed by atoms with Gasteiger partial charge in [-0.15, -0.1) is 0 Å². The molecule has 2 aliphatic heterocycles. The lowest BCUT2D eigenvalue weighted by atomic mass is 10.1. The van der Waals surface area contributed by atoms with Gasteiger partial charge in [0.05, 0.1) is 23.1 Å². The summed E-state index contributed by atoms with van der Waals surface area (Å²) in [5, 5.41) is 0.224. The van der Waals surface area contributed by atoms with Crippen molar-refractivity contribution in [3.8, 4) is 5.75 Å². The van der Waals surface area contributed by atoms with E-state index < -0.39 is 45.4 Å². The van der Waals surface area contributed by atoms with Gasteiger partial charge in [-0.25, -0.2) is 8.42 Å². The van der Waals surface area contributed by atoms with Crippen LogP contribution >= 0.6 is 23.4 Å². The van der Waals surface area contributed by atoms with E-state index in [4.69, 9.17) is 16.3 Å². The van der Waals surface area contributed by atoms with Crippen molar-refractivity contribution in [1.29, 1.82) is 0 Å². The number of carbonyl (C=O) groups is 1. The number of hydrogen-bond acceptors (Lipinski definition) is 5. The maximum atomic E-state index is 13.2. The maximum absolute atomic E-state index is 13.2. The number of amidine groups is 1. The summed E-state index contributed by atoms with van der Waals surface area (Å²) in [5.74, 6) is -0.608. The summed E-state index contributed by atoms with van der Waals surface area (Å²) in [5.41, 5.74) is -0.747. The highest BCUT2D eigenvalue weighted by molar-refractivity contribution is 8.16. The van der Waals surface area contributed by atoms with Crippen LogP contribution in [0.1, 0.15) is 5.56 Å². The van der Waals surface area contributed by atoms with Gasteiger partial charge >= 0.3 is 6.18 Å². The third kappa shape index (κ3) is 5.05. The van der Waals surface area contributed by atoms with Gasteiger partial charge in [0.25, 0.3) is 5.91 Å². The lowest BCUT2D eigenvalue weighted by Crippen LogP contribution is -2.38. The topological polar surface area (TPSA) is 76.0 Å². The highest BCUT2D eigenvalue weighted by atomic mass is 35.5. The van der Waals surface area contributed by atoms with Crippen molar-refractivity contribution in [2.24, 2.45) is 4.99 Å². The van der Waals surface area contributed by atoms with Crippen LogP contribution in [-0.2, 0) is 20.8 Å². The van der Waals surface area contributed by atoms with Gasteiger partial charge in [-0.05, 0) is 42.5 Å². The second-order valence-corrected chi connectivity index (χ2v) is 11.0. The quantitative estimate of drug-likeness (QED) is 0.625. The van der Waals surface area contributed by atoms with Crippen LogP contribution in [0, 0.1) is 0 Å². The molecule has 12 heteroatoms. The van der Waals surface area contributed by atoms with Crippen molar-refractivity contribution in [1.82, 2.24) is 0 Å². The van der Waals surface area contributed by atoms with Crippen molar-refractivity contribution in [2.45, 2.75) is 17.5 Å². The molecule has 1 amide bonds. The van der Waals surface area contributed by atoms with E-state index in [-0.39, 0.29) is 22.4 Å². The minimum Gasteiger partial charge on any atom is -0.484 e. The lowest BCUT2D eigenvalue weighted by molar-refractivity contribution is -0.137. The lowest BCUT2D eigenvalue weighted by Gasteiger charge is -2.25. The summed E-state index contributed by atoms with van der Waals surface area (Å²) in [7, 11) is -3.35. The molecule has 2 atom stereocenters. The zero-order chi connectivity index (χ0) is 23.1. The van der Waals surface area contributed by atoms with E-state index in [1.165, 1.54) is 17.0 Å². The van der Waals surface area contributed by atoms with Crippen LogP contribution in [0.3, 0.4) is 0 Å². The van der Waals surface area contributed by atoms with Gasteiger partial charge in [0.1, 0.15) is 5.75 Å². The molecule has 2 heterocycles. The van der Waals surface area contributed by atoms with Crippen molar-refractivity contribution < 1.29 is 31.1 Å². The molecule has 0 radical (unpaired) electrons. The van der Waals surface area contributed by atoms with Crippen LogP contribution in [0.4, 0.5) is 18.9 Å². The Morgan fingerprint density at radius 1 is 1.19 bits per heavy atom. The molecule has 170 valence electrons.